The van der Waals surface area contributed by atoms with Crippen molar-refractivity contribution in [2.24, 2.45) is 0 Å². The number of aryl methyl sites for hydroxylation is 2. The van der Waals surface area contributed by atoms with Gasteiger partial charge in [-0.2, -0.15) is 0 Å². The zero-order chi connectivity index (χ0) is 18.9. The lowest BCUT2D eigenvalue weighted by Gasteiger charge is -2.09. The summed E-state index contributed by atoms with van der Waals surface area (Å²) in [6, 6.07) is 17.3. The van der Waals surface area contributed by atoms with Gasteiger partial charge < -0.3 is 0 Å². The van der Waals surface area contributed by atoms with Crippen LogP contribution in [0.3, 0.4) is 0 Å². The van der Waals surface area contributed by atoms with E-state index >= 15 is 0 Å². The Morgan fingerprint density at radius 3 is 2.07 bits per heavy atom. The van der Waals surface area contributed by atoms with E-state index < -0.39 is 0 Å². The van der Waals surface area contributed by atoms with Gasteiger partial charge in [-0.05, 0) is 42.4 Å². The lowest BCUT2D eigenvalue weighted by atomic mass is 10.0. The van der Waals surface area contributed by atoms with Crippen molar-refractivity contribution in [1.29, 1.82) is 0 Å². The molecule has 1 heterocycles. The highest BCUT2D eigenvalue weighted by molar-refractivity contribution is 5.65. The molecular formula is C25H30N2. The molecule has 3 aromatic rings. The van der Waals surface area contributed by atoms with E-state index in [1.54, 1.807) is 0 Å². The predicted octanol–water partition coefficient (Wildman–Crippen LogP) is 6.89. The number of hydrogen-bond acceptors (Lipinski definition) is 2. The summed E-state index contributed by atoms with van der Waals surface area (Å²) in [5.74, 6) is 0.824. The number of benzene rings is 2. The Hall–Kier alpha value is -2.48. The van der Waals surface area contributed by atoms with Crippen molar-refractivity contribution in [3.05, 3.63) is 72.1 Å². The van der Waals surface area contributed by atoms with Crippen molar-refractivity contribution >= 4 is 0 Å². The molecule has 0 atom stereocenters. The molecular weight excluding hydrogens is 328 g/mol. The van der Waals surface area contributed by atoms with Gasteiger partial charge in [-0.15, -0.1) is 0 Å². The van der Waals surface area contributed by atoms with Crippen molar-refractivity contribution < 1.29 is 0 Å². The van der Waals surface area contributed by atoms with E-state index in [0.717, 1.165) is 29.8 Å². The summed E-state index contributed by atoms with van der Waals surface area (Å²) in [5.41, 5.74) is 6.16. The number of unbranched alkanes of at least 4 members (excludes halogenated alkanes) is 3. The van der Waals surface area contributed by atoms with Gasteiger partial charge in [-0.1, -0.05) is 81.6 Å². The molecule has 0 fully saturated rings. The fourth-order valence-electron chi connectivity index (χ4n) is 3.38. The second-order valence-corrected chi connectivity index (χ2v) is 7.21. The third-order valence-electron chi connectivity index (χ3n) is 5.07. The molecule has 0 bridgehead atoms. The molecule has 2 aromatic carbocycles. The van der Waals surface area contributed by atoms with Crippen molar-refractivity contribution in [1.82, 2.24) is 9.97 Å². The SMILES string of the molecule is CCCCCc1ccccc1-c1ncc(-c2ccc(CCCC)cc2)cn1. The summed E-state index contributed by atoms with van der Waals surface area (Å²) < 4.78 is 0. The van der Waals surface area contributed by atoms with Crippen LogP contribution in [-0.2, 0) is 12.8 Å². The number of rotatable bonds is 9. The van der Waals surface area contributed by atoms with E-state index in [0.29, 0.717) is 0 Å². The number of aromatic nitrogens is 2. The van der Waals surface area contributed by atoms with Crippen molar-refractivity contribution in [3.63, 3.8) is 0 Å². The zero-order valence-corrected chi connectivity index (χ0v) is 16.6. The zero-order valence-electron chi connectivity index (χ0n) is 16.6. The third-order valence-corrected chi connectivity index (χ3v) is 5.07. The third kappa shape index (κ3) is 5.26. The molecule has 0 aliphatic rings. The second kappa shape index (κ2) is 10.0. The van der Waals surface area contributed by atoms with Crippen molar-refractivity contribution in [3.8, 4) is 22.5 Å². The van der Waals surface area contributed by atoms with Gasteiger partial charge in [-0.25, -0.2) is 9.97 Å². The Morgan fingerprint density at radius 2 is 1.37 bits per heavy atom. The molecule has 2 nitrogen and oxygen atoms in total. The van der Waals surface area contributed by atoms with Crippen molar-refractivity contribution in [2.45, 2.75) is 58.8 Å². The number of nitrogens with zero attached hydrogens (tertiary/aromatic N) is 2. The van der Waals surface area contributed by atoms with Crippen LogP contribution in [-0.4, -0.2) is 9.97 Å². The molecule has 1 aromatic heterocycles. The first-order valence-electron chi connectivity index (χ1n) is 10.3. The van der Waals surface area contributed by atoms with Crippen LogP contribution >= 0.6 is 0 Å². The van der Waals surface area contributed by atoms with Crippen LogP contribution in [0.5, 0.6) is 0 Å². The Labute approximate surface area is 163 Å². The van der Waals surface area contributed by atoms with Crippen LogP contribution in [0.2, 0.25) is 0 Å². The van der Waals surface area contributed by atoms with Crippen molar-refractivity contribution in [2.75, 3.05) is 0 Å². The van der Waals surface area contributed by atoms with E-state index in [9.17, 15) is 0 Å². The molecule has 0 N–H and O–H groups in total. The van der Waals surface area contributed by atoms with E-state index in [1.807, 2.05) is 12.4 Å². The molecule has 0 aliphatic carbocycles. The van der Waals surface area contributed by atoms with Gasteiger partial charge >= 0.3 is 0 Å². The summed E-state index contributed by atoms with van der Waals surface area (Å²) in [6.07, 6.45) is 12.3. The minimum absolute atomic E-state index is 0.824. The molecule has 0 saturated carbocycles. The van der Waals surface area contributed by atoms with Gasteiger partial charge in [0, 0.05) is 23.5 Å². The average molecular weight is 359 g/mol. The van der Waals surface area contributed by atoms with Gasteiger partial charge in [0.2, 0.25) is 0 Å². The maximum atomic E-state index is 4.68. The monoisotopic (exact) mass is 358 g/mol. The van der Waals surface area contributed by atoms with E-state index in [1.165, 1.54) is 48.8 Å². The highest BCUT2D eigenvalue weighted by Crippen LogP contribution is 2.24. The molecule has 0 radical (unpaired) electrons. The molecule has 0 saturated heterocycles. The average Bonchev–Trinajstić information content (AvgIpc) is 2.73. The minimum Gasteiger partial charge on any atom is -0.236 e. The molecule has 0 spiro atoms. The molecule has 3 rings (SSSR count). The molecule has 0 unspecified atom stereocenters. The van der Waals surface area contributed by atoms with Gasteiger partial charge in [0.1, 0.15) is 0 Å². The summed E-state index contributed by atoms with van der Waals surface area (Å²) >= 11 is 0. The highest BCUT2D eigenvalue weighted by Gasteiger charge is 2.08. The van der Waals surface area contributed by atoms with Gasteiger partial charge in [0.05, 0.1) is 0 Å². The Balaban J connectivity index is 1.76. The largest absolute Gasteiger partial charge is 0.236 e. The molecule has 0 aliphatic heterocycles. The van der Waals surface area contributed by atoms with Crippen LogP contribution < -0.4 is 0 Å². The predicted molar refractivity (Wildman–Crippen MR) is 115 cm³/mol. The standard InChI is InChI=1S/C25H30N2/c1-3-5-7-11-22-12-8-9-13-24(22)25-26-18-23(19-27-25)21-16-14-20(15-17-21)10-6-4-2/h8-9,12-19H,3-7,10-11H2,1-2H3. The molecule has 140 valence electrons. The maximum Gasteiger partial charge on any atom is 0.159 e. The molecule has 0 amide bonds. The van der Waals surface area contributed by atoms with Gasteiger partial charge in [0.15, 0.2) is 5.82 Å². The van der Waals surface area contributed by atoms with Crippen LogP contribution in [0, 0.1) is 0 Å². The second-order valence-electron chi connectivity index (χ2n) is 7.21. The fraction of sp³-hybridized carbons (Fsp3) is 0.360. The van der Waals surface area contributed by atoms with Crippen LogP contribution in [0.15, 0.2) is 60.9 Å². The van der Waals surface area contributed by atoms with Gasteiger partial charge in [-0.3, -0.25) is 0 Å². The van der Waals surface area contributed by atoms with E-state index in [4.69, 9.17) is 0 Å². The Kier molecular flexibility index (Phi) is 7.15. The minimum atomic E-state index is 0.824. The number of hydrogen-bond donors (Lipinski definition) is 0. The topological polar surface area (TPSA) is 25.8 Å². The first-order chi connectivity index (χ1) is 13.3. The Morgan fingerprint density at radius 1 is 0.667 bits per heavy atom. The molecule has 2 heteroatoms. The van der Waals surface area contributed by atoms with E-state index in [2.05, 4.69) is 72.3 Å². The summed E-state index contributed by atoms with van der Waals surface area (Å²) in [6.45, 7) is 4.47. The smallest absolute Gasteiger partial charge is 0.159 e. The highest BCUT2D eigenvalue weighted by atomic mass is 14.9. The van der Waals surface area contributed by atoms with Gasteiger partial charge in [0.25, 0.3) is 0 Å². The molecule has 27 heavy (non-hydrogen) atoms. The Bertz CT molecular complexity index is 820. The summed E-state index contributed by atoms with van der Waals surface area (Å²) in [4.78, 5) is 9.35. The lowest BCUT2D eigenvalue weighted by Crippen LogP contribution is -1.95. The normalized spacial score (nSPS) is 10.9. The van der Waals surface area contributed by atoms with Crippen LogP contribution in [0.25, 0.3) is 22.5 Å². The van der Waals surface area contributed by atoms with Crippen LogP contribution in [0.4, 0.5) is 0 Å². The first-order valence-corrected chi connectivity index (χ1v) is 10.3. The first kappa shape index (κ1) is 19.3. The lowest BCUT2D eigenvalue weighted by molar-refractivity contribution is 0.718. The summed E-state index contributed by atoms with van der Waals surface area (Å²) in [7, 11) is 0. The van der Waals surface area contributed by atoms with Crippen LogP contribution in [0.1, 0.15) is 57.1 Å². The fourth-order valence-corrected chi connectivity index (χ4v) is 3.38. The quantitative estimate of drug-likeness (QED) is 0.389. The van der Waals surface area contributed by atoms with E-state index in [-0.39, 0.29) is 0 Å². The summed E-state index contributed by atoms with van der Waals surface area (Å²) in [5, 5.41) is 0. The maximum absolute atomic E-state index is 4.68.